The van der Waals surface area contributed by atoms with E-state index in [1.54, 1.807) is 23.7 Å². The van der Waals surface area contributed by atoms with Gasteiger partial charge in [-0.05, 0) is 39.1 Å². The van der Waals surface area contributed by atoms with E-state index in [1.807, 2.05) is 30.0 Å². The number of rotatable bonds is 7. The van der Waals surface area contributed by atoms with Gasteiger partial charge in [-0.3, -0.25) is 30.1 Å². The first-order valence-electron chi connectivity index (χ1n) is 12.3. The van der Waals surface area contributed by atoms with Gasteiger partial charge in [0.1, 0.15) is 16.8 Å². The molecule has 2 saturated heterocycles. The lowest BCUT2D eigenvalue weighted by molar-refractivity contribution is -0.128. The molecule has 37 heavy (non-hydrogen) atoms. The van der Waals surface area contributed by atoms with Gasteiger partial charge in [0, 0.05) is 56.0 Å². The minimum absolute atomic E-state index is 0.0112. The normalized spacial score (nSPS) is 19.4. The summed E-state index contributed by atoms with van der Waals surface area (Å²) in [5, 5.41) is 3.31. The van der Waals surface area contributed by atoms with Crippen molar-refractivity contribution in [1.29, 1.82) is 0 Å². The molecule has 1 unspecified atom stereocenters. The Bertz CT molecular complexity index is 1130. The average molecular weight is 544 g/mol. The van der Waals surface area contributed by atoms with Crippen molar-refractivity contribution >= 4 is 40.8 Å². The van der Waals surface area contributed by atoms with E-state index in [1.165, 1.54) is 23.1 Å². The zero-order valence-electron chi connectivity index (χ0n) is 21.2. The number of carbonyl (C=O) groups excluding carboxylic acids is 3. The minimum Gasteiger partial charge on any atom is -0.339 e. The predicted molar refractivity (Wildman–Crippen MR) is 145 cm³/mol. The van der Waals surface area contributed by atoms with Gasteiger partial charge in [-0.25, -0.2) is 9.97 Å². The number of nitrogens with one attached hydrogen (secondary N) is 2. The second-order valence-corrected chi connectivity index (χ2v) is 11.2. The van der Waals surface area contributed by atoms with E-state index in [0.29, 0.717) is 31.0 Å². The van der Waals surface area contributed by atoms with Crippen molar-refractivity contribution in [2.24, 2.45) is 0 Å². The van der Waals surface area contributed by atoms with Gasteiger partial charge < -0.3 is 9.80 Å². The number of hydrazine groups is 1. The number of thiazole rings is 1. The number of likely N-dealkylation sites (tertiary alicyclic amines) is 1. The van der Waals surface area contributed by atoms with E-state index in [4.69, 9.17) is 0 Å². The number of thioether (sulfide) groups is 1. The van der Waals surface area contributed by atoms with Gasteiger partial charge in [0.05, 0.1) is 10.6 Å². The number of pyridine rings is 1. The molecule has 0 aromatic carbocycles. The summed E-state index contributed by atoms with van der Waals surface area (Å²) in [7, 11) is 3.88. The van der Waals surface area contributed by atoms with Gasteiger partial charge in [0.25, 0.3) is 17.7 Å². The van der Waals surface area contributed by atoms with Gasteiger partial charge in [0.15, 0.2) is 0 Å². The third-order valence-corrected chi connectivity index (χ3v) is 8.69. The quantitative estimate of drug-likeness (QED) is 0.309. The summed E-state index contributed by atoms with van der Waals surface area (Å²) in [6, 6.07) is 3.29. The van der Waals surface area contributed by atoms with Crippen LogP contribution in [0.4, 0.5) is 0 Å². The SMILES string of the molecule is C=CCSc1ncccc1C(=O)N1CCC(c2nc(C(=O)NNC(=O)C3CN(C)CCN3C)cs2)CC1. The summed E-state index contributed by atoms with van der Waals surface area (Å²) in [5.74, 6) is 0.187. The van der Waals surface area contributed by atoms with E-state index in [9.17, 15) is 14.4 Å². The molecular weight excluding hydrogens is 510 g/mol. The molecule has 0 radical (unpaired) electrons. The molecule has 12 heteroatoms. The van der Waals surface area contributed by atoms with Crippen LogP contribution < -0.4 is 10.9 Å². The molecule has 2 N–H and O–H groups in total. The standard InChI is InChI=1S/C25H33N7O3S2/c1-4-14-36-24-18(6-5-9-26-24)25(35)32-10-7-17(8-11-32)23-27-19(16-37-23)21(33)28-29-22(34)20-15-30(2)12-13-31(20)3/h4-6,9,16-17,20H,1,7-8,10-15H2,2-3H3,(H,28,33)(H,29,34). The minimum atomic E-state index is -0.434. The Morgan fingerprint density at radius 1 is 1.19 bits per heavy atom. The molecule has 0 aliphatic carbocycles. The molecule has 2 aromatic rings. The summed E-state index contributed by atoms with van der Waals surface area (Å²) in [6.07, 6.45) is 5.04. The third-order valence-electron chi connectivity index (χ3n) is 6.68. The highest BCUT2D eigenvalue weighted by atomic mass is 32.2. The Kier molecular flexibility index (Phi) is 9.30. The lowest BCUT2D eigenvalue weighted by atomic mass is 9.97. The maximum atomic E-state index is 13.1. The van der Waals surface area contributed by atoms with E-state index in [0.717, 1.165) is 36.0 Å². The maximum absolute atomic E-state index is 13.1. The Labute approximate surface area is 225 Å². The molecule has 10 nitrogen and oxygen atoms in total. The number of hydrogen-bond donors (Lipinski definition) is 2. The van der Waals surface area contributed by atoms with Crippen LogP contribution in [0.3, 0.4) is 0 Å². The van der Waals surface area contributed by atoms with Gasteiger partial charge in [-0.1, -0.05) is 6.08 Å². The van der Waals surface area contributed by atoms with Crippen LogP contribution in [0.1, 0.15) is 44.6 Å². The zero-order valence-corrected chi connectivity index (χ0v) is 22.8. The molecule has 3 amide bonds. The van der Waals surface area contributed by atoms with Crippen LogP contribution >= 0.6 is 23.1 Å². The lowest BCUT2D eigenvalue weighted by Gasteiger charge is -2.36. The molecular formula is C25H33N7O3S2. The first kappa shape index (κ1) is 27.2. The lowest BCUT2D eigenvalue weighted by Crippen LogP contribution is -2.59. The first-order valence-corrected chi connectivity index (χ1v) is 14.2. The van der Waals surface area contributed by atoms with Crippen LogP contribution in [-0.2, 0) is 4.79 Å². The summed E-state index contributed by atoms with van der Waals surface area (Å²) in [5.41, 5.74) is 5.95. The molecule has 1 atom stereocenters. The highest BCUT2D eigenvalue weighted by Crippen LogP contribution is 2.31. The largest absolute Gasteiger partial charge is 0.339 e. The second kappa shape index (κ2) is 12.6. The highest BCUT2D eigenvalue weighted by molar-refractivity contribution is 7.99. The van der Waals surface area contributed by atoms with E-state index in [2.05, 4.69) is 32.3 Å². The number of amides is 3. The molecule has 198 valence electrons. The van der Waals surface area contributed by atoms with Crippen LogP contribution in [0.5, 0.6) is 0 Å². The van der Waals surface area contributed by atoms with Crippen molar-refractivity contribution in [3.8, 4) is 0 Å². The van der Waals surface area contributed by atoms with E-state index >= 15 is 0 Å². The third kappa shape index (κ3) is 6.75. The van der Waals surface area contributed by atoms with Crippen LogP contribution in [0.15, 0.2) is 41.4 Å². The molecule has 2 aliphatic heterocycles. The van der Waals surface area contributed by atoms with Crippen LogP contribution in [0.2, 0.25) is 0 Å². The average Bonchev–Trinajstić information content (AvgIpc) is 3.42. The topological polar surface area (TPSA) is 111 Å². The van der Waals surface area contributed by atoms with Crippen molar-refractivity contribution in [3.05, 3.63) is 52.6 Å². The van der Waals surface area contributed by atoms with Crippen LogP contribution in [0.25, 0.3) is 0 Å². The van der Waals surface area contributed by atoms with Crippen molar-refractivity contribution in [2.75, 3.05) is 52.6 Å². The number of hydrogen-bond acceptors (Lipinski definition) is 9. The molecule has 0 bridgehead atoms. The molecule has 2 aliphatic rings. The number of piperazine rings is 1. The highest BCUT2D eigenvalue weighted by Gasteiger charge is 2.30. The number of aromatic nitrogens is 2. The number of nitrogens with zero attached hydrogens (tertiary/aromatic N) is 5. The first-order chi connectivity index (χ1) is 17.9. The fraction of sp³-hybridized carbons (Fsp3) is 0.480. The molecule has 2 fully saturated rings. The summed E-state index contributed by atoms with van der Waals surface area (Å²) >= 11 is 2.94. The fourth-order valence-electron chi connectivity index (χ4n) is 4.44. The zero-order chi connectivity index (χ0) is 26.4. The summed E-state index contributed by atoms with van der Waals surface area (Å²) in [6.45, 7) is 7.27. The van der Waals surface area contributed by atoms with Crippen molar-refractivity contribution in [1.82, 2.24) is 35.5 Å². The van der Waals surface area contributed by atoms with Gasteiger partial charge in [0.2, 0.25) is 0 Å². The van der Waals surface area contributed by atoms with E-state index in [-0.39, 0.29) is 29.5 Å². The fourth-order valence-corrected chi connectivity index (χ4v) is 6.14. The van der Waals surface area contributed by atoms with E-state index < -0.39 is 5.91 Å². The predicted octanol–water partition coefficient (Wildman–Crippen LogP) is 1.84. The molecule has 0 spiro atoms. The molecule has 0 saturated carbocycles. The van der Waals surface area contributed by atoms with Crippen molar-refractivity contribution in [2.45, 2.75) is 29.8 Å². The van der Waals surface area contributed by atoms with Crippen molar-refractivity contribution < 1.29 is 14.4 Å². The van der Waals surface area contributed by atoms with Gasteiger partial charge >= 0.3 is 0 Å². The van der Waals surface area contributed by atoms with Gasteiger partial charge in [-0.15, -0.1) is 29.7 Å². The number of carbonyl (C=O) groups is 3. The Morgan fingerprint density at radius 3 is 2.73 bits per heavy atom. The Hall–Kier alpha value is -2.80. The number of likely N-dealkylation sites (N-methyl/N-ethyl adjacent to an activating group) is 2. The Morgan fingerprint density at radius 2 is 1.97 bits per heavy atom. The monoisotopic (exact) mass is 543 g/mol. The van der Waals surface area contributed by atoms with Crippen LogP contribution in [-0.4, -0.2) is 101 Å². The second-order valence-electron chi connectivity index (χ2n) is 9.30. The molecule has 4 heterocycles. The molecule has 2 aromatic heterocycles. The number of piperidine rings is 1. The Balaban J connectivity index is 1.28. The smallest absolute Gasteiger partial charge is 0.289 e. The summed E-state index contributed by atoms with van der Waals surface area (Å²) in [4.78, 5) is 53.1. The maximum Gasteiger partial charge on any atom is 0.289 e. The van der Waals surface area contributed by atoms with Crippen LogP contribution in [0, 0.1) is 0 Å². The van der Waals surface area contributed by atoms with Crippen molar-refractivity contribution in [3.63, 3.8) is 0 Å². The van der Waals surface area contributed by atoms with Gasteiger partial charge in [-0.2, -0.15) is 0 Å². The molecule has 4 rings (SSSR count). The summed E-state index contributed by atoms with van der Waals surface area (Å²) < 4.78 is 0.